The second-order valence-electron chi connectivity index (χ2n) is 8.20. The van der Waals surface area contributed by atoms with Crippen LogP contribution in [0.4, 0.5) is 16.2 Å². The number of para-hydroxylation sites is 1. The van der Waals surface area contributed by atoms with Crippen molar-refractivity contribution in [1.29, 1.82) is 0 Å². The number of amides is 4. The van der Waals surface area contributed by atoms with Crippen molar-refractivity contribution in [2.75, 3.05) is 29.9 Å². The topological polar surface area (TPSA) is 81.8 Å². The number of carbonyl (C=O) groups is 3. The van der Waals surface area contributed by atoms with Crippen molar-refractivity contribution < 1.29 is 14.4 Å². The zero-order valence-electron chi connectivity index (χ0n) is 17.8. The molecule has 4 rings (SSSR count). The van der Waals surface area contributed by atoms with Crippen LogP contribution in [-0.4, -0.2) is 48.4 Å². The number of nitrogens with one attached hydrogen (secondary N) is 2. The van der Waals surface area contributed by atoms with Gasteiger partial charge in [0, 0.05) is 24.5 Å². The molecule has 2 aromatic rings. The molecule has 162 valence electrons. The molecule has 0 bridgehead atoms. The molecule has 1 atom stereocenters. The van der Waals surface area contributed by atoms with Crippen molar-refractivity contribution in [3.05, 3.63) is 59.7 Å². The zero-order chi connectivity index (χ0) is 21.8. The third-order valence-corrected chi connectivity index (χ3v) is 5.88. The van der Waals surface area contributed by atoms with E-state index in [1.54, 1.807) is 11.0 Å². The van der Waals surface area contributed by atoms with Gasteiger partial charge < -0.3 is 20.4 Å². The zero-order valence-corrected chi connectivity index (χ0v) is 17.8. The molecule has 2 aliphatic rings. The van der Waals surface area contributed by atoms with Crippen LogP contribution in [0.15, 0.2) is 48.5 Å². The van der Waals surface area contributed by atoms with Crippen LogP contribution in [0.3, 0.4) is 0 Å². The highest BCUT2D eigenvalue weighted by Crippen LogP contribution is 2.27. The predicted octanol–water partition coefficient (Wildman–Crippen LogP) is 3.09. The largest absolute Gasteiger partial charge is 0.341 e. The van der Waals surface area contributed by atoms with Crippen molar-refractivity contribution >= 4 is 29.2 Å². The van der Waals surface area contributed by atoms with Gasteiger partial charge in [-0.15, -0.1) is 0 Å². The van der Waals surface area contributed by atoms with Gasteiger partial charge in [0.05, 0.1) is 0 Å². The minimum atomic E-state index is -0.705. The number of benzene rings is 2. The molecule has 1 unspecified atom stereocenters. The Bertz CT molecular complexity index is 984. The molecule has 2 heterocycles. The Labute approximate surface area is 182 Å². The quantitative estimate of drug-likeness (QED) is 0.798. The van der Waals surface area contributed by atoms with E-state index < -0.39 is 12.1 Å². The number of urea groups is 1. The van der Waals surface area contributed by atoms with Crippen LogP contribution < -0.4 is 15.5 Å². The first-order valence-electron chi connectivity index (χ1n) is 10.8. The Hall–Kier alpha value is -3.35. The van der Waals surface area contributed by atoms with Gasteiger partial charge in [-0.25, -0.2) is 4.79 Å². The maximum Gasteiger partial charge on any atom is 0.319 e. The molecule has 2 aromatic carbocycles. The maximum absolute atomic E-state index is 13.4. The Morgan fingerprint density at radius 1 is 1.06 bits per heavy atom. The Balaban J connectivity index is 1.51. The minimum Gasteiger partial charge on any atom is -0.341 e. The van der Waals surface area contributed by atoms with Crippen molar-refractivity contribution in [3.63, 3.8) is 0 Å². The average Bonchev–Trinajstić information content (AvgIpc) is 3.26. The third-order valence-electron chi connectivity index (χ3n) is 5.88. The average molecular weight is 421 g/mol. The van der Waals surface area contributed by atoms with Gasteiger partial charge in [0.2, 0.25) is 11.8 Å². The Morgan fingerprint density at radius 2 is 1.84 bits per heavy atom. The number of nitrogens with zero attached hydrogens (tertiary/aromatic N) is 2. The molecule has 1 saturated heterocycles. The van der Waals surface area contributed by atoms with E-state index >= 15 is 0 Å². The van der Waals surface area contributed by atoms with E-state index in [1.165, 1.54) is 0 Å². The van der Waals surface area contributed by atoms with Gasteiger partial charge in [0.1, 0.15) is 12.6 Å². The lowest BCUT2D eigenvalue weighted by molar-refractivity contribution is -0.130. The van der Waals surface area contributed by atoms with Crippen LogP contribution in [0, 0.1) is 6.92 Å². The van der Waals surface area contributed by atoms with E-state index in [9.17, 15) is 14.4 Å². The van der Waals surface area contributed by atoms with E-state index in [1.807, 2.05) is 54.3 Å². The molecular weight excluding hydrogens is 392 g/mol. The van der Waals surface area contributed by atoms with Gasteiger partial charge in [-0.05, 0) is 61.9 Å². The van der Waals surface area contributed by atoms with E-state index in [0.29, 0.717) is 18.5 Å². The minimum absolute atomic E-state index is 0.00642. The van der Waals surface area contributed by atoms with Crippen LogP contribution >= 0.6 is 0 Å². The summed E-state index contributed by atoms with van der Waals surface area (Å²) in [5.41, 5.74) is 3.46. The summed E-state index contributed by atoms with van der Waals surface area (Å²) in [5, 5.41) is 5.61. The SMILES string of the molecule is Cc1cccc(NC(=O)NC2CCc3ccccc3N(CC(=O)N3CCCC3)C2=O)c1. The smallest absolute Gasteiger partial charge is 0.319 e. The van der Waals surface area contributed by atoms with Gasteiger partial charge in [-0.1, -0.05) is 30.3 Å². The van der Waals surface area contributed by atoms with Crippen LogP contribution in [0.1, 0.15) is 30.4 Å². The summed E-state index contributed by atoms with van der Waals surface area (Å²) >= 11 is 0. The van der Waals surface area contributed by atoms with Crippen molar-refractivity contribution in [2.45, 2.75) is 38.6 Å². The Kier molecular flexibility index (Phi) is 6.21. The molecule has 0 spiro atoms. The fourth-order valence-corrected chi connectivity index (χ4v) is 4.26. The molecule has 1 fully saturated rings. The Morgan fingerprint density at radius 3 is 2.61 bits per heavy atom. The second-order valence-corrected chi connectivity index (χ2v) is 8.20. The van der Waals surface area contributed by atoms with Gasteiger partial charge in [0.15, 0.2) is 0 Å². The van der Waals surface area contributed by atoms with Crippen LogP contribution in [-0.2, 0) is 16.0 Å². The van der Waals surface area contributed by atoms with Gasteiger partial charge in [-0.3, -0.25) is 9.59 Å². The van der Waals surface area contributed by atoms with Crippen LogP contribution in [0.2, 0.25) is 0 Å². The lowest BCUT2D eigenvalue weighted by atomic mass is 10.1. The van der Waals surface area contributed by atoms with E-state index in [-0.39, 0.29) is 18.4 Å². The summed E-state index contributed by atoms with van der Waals surface area (Å²) in [5.74, 6) is -0.303. The molecule has 4 amide bonds. The number of hydrogen-bond donors (Lipinski definition) is 2. The lowest BCUT2D eigenvalue weighted by Crippen LogP contribution is -2.51. The molecular formula is C24H28N4O3. The van der Waals surface area contributed by atoms with E-state index in [4.69, 9.17) is 0 Å². The standard InChI is InChI=1S/C24H28N4O3/c1-17-7-6-9-19(15-17)25-24(31)26-20-12-11-18-8-2-3-10-21(18)28(23(20)30)16-22(29)27-13-4-5-14-27/h2-3,6-10,15,20H,4-5,11-14,16H2,1H3,(H2,25,26,31). The van der Waals surface area contributed by atoms with Crippen molar-refractivity contribution in [3.8, 4) is 0 Å². The highest BCUT2D eigenvalue weighted by atomic mass is 16.2. The van der Waals surface area contributed by atoms with Gasteiger partial charge in [-0.2, -0.15) is 0 Å². The van der Waals surface area contributed by atoms with Crippen molar-refractivity contribution in [2.24, 2.45) is 0 Å². The number of rotatable bonds is 4. The summed E-state index contributed by atoms with van der Waals surface area (Å²) in [7, 11) is 0. The first-order valence-corrected chi connectivity index (χ1v) is 10.8. The summed E-state index contributed by atoms with van der Waals surface area (Å²) in [6.07, 6.45) is 3.12. The molecule has 7 nitrogen and oxygen atoms in total. The molecule has 0 aromatic heterocycles. The number of anilines is 2. The molecule has 0 radical (unpaired) electrons. The maximum atomic E-state index is 13.4. The number of likely N-dealkylation sites (tertiary alicyclic amines) is 1. The molecule has 0 saturated carbocycles. The lowest BCUT2D eigenvalue weighted by Gasteiger charge is -2.27. The molecule has 2 aliphatic heterocycles. The predicted molar refractivity (Wildman–Crippen MR) is 120 cm³/mol. The third kappa shape index (κ3) is 4.87. The van der Waals surface area contributed by atoms with Crippen LogP contribution in [0.5, 0.6) is 0 Å². The highest BCUT2D eigenvalue weighted by molar-refractivity contribution is 6.04. The highest BCUT2D eigenvalue weighted by Gasteiger charge is 2.33. The van der Waals surface area contributed by atoms with E-state index in [0.717, 1.165) is 42.7 Å². The van der Waals surface area contributed by atoms with E-state index in [2.05, 4.69) is 10.6 Å². The summed E-state index contributed by atoms with van der Waals surface area (Å²) < 4.78 is 0. The summed E-state index contributed by atoms with van der Waals surface area (Å²) in [4.78, 5) is 42.2. The molecule has 31 heavy (non-hydrogen) atoms. The fourth-order valence-electron chi connectivity index (χ4n) is 4.26. The number of carbonyl (C=O) groups excluding carboxylic acids is 3. The fraction of sp³-hybridized carbons (Fsp3) is 0.375. The monoisotopic (exact) mass is 420 g/mol. The first-order chi connectivity index (χ1) is 15.0. The van der Waals surface area contributed by atoms with Gasteiger partial charge in [0.25, 0.3) is 0 Å². The molecule has 7 heteroatoms. The number of hydrogen-bond acceptors (Lipinski definition) is 3. The second kappa shape index (κ2) is 9.20. The molecule has 2 N–H and O–H groups in total. The number of aryl methyl sites for hydroxylation is 2. The number of fused-ring (bicyclic) bond motifs is 1. The summed E-state index contributed by atoms with van der Waals surface area (Å²) in [6, 6.07) is 14.0. The normalized spacial score (nSPS) is 18.4. The van der Waals surface area contributed by atoms with Crippen molar-refractivity contribution in [1.82, 2.24) is 10.2 Å². The molecule has 0 aliphatic carbocycles. The van der Waals surface area contributed by atoms with Gasteiger partial charge >= 0.3 is 6.03 Å². The van der Waals surface area contributed by atoms with Crippen LogP contribution in [0.25, 0.3) is 0 Å². The first kappa shape index (κ1) is 20.9. The summed E-state index contributed by atoms with van der Waals surface area (Å²) in [6.45, 7) is 3.42.